The monoisotopic (exact) mass is 358 g/mol. The molecule has 5 aliphatic rings. The van der Waals surface area contributed by atoms with E-state index in [0.29, 0.717) is 19.3 Å². The van der Waals surface area contributed by atoms with Crippen molar-refractivity contribution in [3.63, 3.8) is 0 Å². The van der Waals surface area contributed by atoms with Gasteiger partial charge in [0.05, 0.1) is 18.4 Å². The molecule has 6 rings (SSSR count). The predicted octanol–water partition coefficient (Wildman–Crippen LogP) is 2.53. The average molecular weight is 358 g/mol. The summed E-state index contributed by atoms with van der Waals surface area (Å²) in [6.45, 7) is 4.04. The lowest BCUT2D eigenvalue weighted by atomic mass is 9.42. The lowest BCUT2D eigenvalue weighted by Crippen LogP contribution is -2.72. The Morgan fingerprint density at radius 3 is 2.73 bits per heavy atom. The molecule has 2 aliphatic carbocycles. The molecule has 0 radical (unpaired) electrons. The summed E-state index contributed by atoms with van der Waals surface area (Å²) in [6.07, 6.45) is 7.52. The number of esters is 2. The number of hydrogen-bond acceptors (Lipinski definition) is 6. The molecule has 6 heteroatoms. The second kappa shape index (κ2) is 4.80. The Labute approximate surface area is 151 Å². The van der Waals surface area contributed by atoms with E-state index in [4.69, 9.17) is 13.9 Å². The van der Waals surface area contributed by atoms with Gasteiger partial charge in [-0.15, -0.1) is 0 Å². The molecule has 1 aromatic rings. The van der Waals surface area contributed by atoms with E-state index in [1.165, 1.54) is 0 Å². The molecule has 2 bridgehead atoms. The second-order valence-electron chi connectivity index (χ2n) is 8.67. The van der Waals surface area contributed by atoms with Crippen LogP contribution in [0.1, 0.15) is 44.8 Å². The first-order chi connectivity index (χ1) is 12.3. The number of ether oxygens (including phenoxy) is 2. The number of hydrogen-bond donors (Lipinski definition) is 1. The normalized spacial score (nSPS) is 49.2. The molecule has 1 aromatic heterocycles. The van der Waals surface area contributed by atoms with E-state index in [0.717, 1.165) is 5.56 Å². The van der Waals surface area contributed by atoms with Gasteiger partial charge in [-0.05, 0) is 42.9 Å². The summed E-state index contributed by atoms with van der Waals surface area (Å²) >= 11 is 0. The molecule has 4 heterocycles. The minimum absolute atomic E-state index is 0.149. The van der Waals surface area contributed by atoms with Gasteiger partial charge in [0.25, 0.3) is 0 Å². The smallest absolute Gasteiger partial charge is 0.343 e. The Bertz CT molecular complexity index is 812. The van der Waals surface area contributed by atoms with Gasteiger partial charge in [-0.3, -0.25) is 4.79 Å². The number of aliphatic hydroxyl groups is 1. The molecule has 1 saturated carbocycles. The van der Waals surface area contributed by atoms with Crippen molar-refractivity contribution in [2.45, 2.75) is 50.9 Å². The molecule has 3 fully saturated rings. The van der Waals surface area contributed by atoms with Gasteiger partial charge in [-0.2, -0.15) is 0 Å². The number of rotatable bonds is 1. The van der Waals surface area contributed by atoms with Crippen molar-refractivity contribution >= 4 is 11.9 Å². The van der Waals surface area contributed by atoms with E-state index in [1.54, 1.807) is 24.7 Å². The fourth-order valence-electron chi connectivity index (χ4n) is 6.16. The van der Waals surface area contributed by atoms with Crippen LogP contribution in [0.15, 0.2) is 35.2 Å². The summed E-state index contributed by atoms with van der Waals surface area (Å²) in [6, 6.07) is 1.81. The van der Waals surface area contributed by atoms with Crippen LogP contribution in [0.4, 0.5) is 0 Å². The molecule has 1 N–H and O–H groups in total. The largest absolute Gasteiger partial charge is 0.472 e. The van der Waals surface area contributed by atoms with Crippen LogP contribution in [-0.2, 0) is 19.1 Å². The maximum absolute atomic E-state index is 12.8. The van der Waals surface area contributed by atoms with E-state index in [2.05, 4.69) is 6.92 Å². The Balaban J connectivity index is 1.61. The van der Waals surface area contributed by atoms with E-state index in [1.807, 2.05) is 13.0 Å². The first kappa shape index (κ1) is 16.1. The maximum Gasteiger partial charge on any atom is 0.343 e. The molecular weight excluding hydrogens is 336 g/mol. The fourth-order valence-corrected chi connectivity index (χ4v) is 6.16. The minimum Gasteiger partial charge on any atom is -0.472 e. The third-order valence-corrected chi connectivity index (χ3v) is 7.51. The van der Waals surface area contributed by atoms with E-state index >= 15 is 0 Å². The van der Waals surface area contributed by atoms with Crippen LogP contribution in [0.2, 0.25) is 0 Å². The second-order valence-corrected chi connectivity index (χ2v) is 8.67. The van der Waals surface area contributed by atoms with Gasteiger partial charge >= 0.3 is 11.9 Å². The number of furan rings is 1. The SMILES string of the molecule is C[C@]12C[C@H](c3ccoc3)OC(=O)[C@H]1CC[C@@]1(C)[C@@H]2[C@H]2C=C[C@]1(O)C(=O)O2. The lowest BCUT2D eigenvalue weighted by Gasteiger charge is -2.65. The van der Waals surface area contributed by atoms with Crippen molar-refractivity contribution in [1.82, 2.24) is 0 Å². The maximum atomic E-state index is 12.8. The van der Waals surface area contributed by atoms with Crippen molar-refractivity contribution in [1.29, 1.82) is 0 Å². The van der Waals surface area contributed by atoms with Crippen LogP contribution in [0, 0.1) is 22.7 Å². The highest BCUT2D eigenvalue weighted by Crippen LogP contribution is 2.67. The molecule has 3 aliphatic heterocycles. The third kappa shape index (κ3) is 1.71. The molecule has 0 aromatic carbocycles. The highest BCUT2D eigenvalue weighted by atomic mass is 16.6. The summed E-state index contributed by atoms with van der Waals surface area (Å²) in [7, 11) is 0. The highest BCUT2D eigenvalue weighted by molar-refractivity contribution is 5.86. The highest BCUT2D eigenvalue weighted by Gasteiger charge is 2.72. The van der Waals surface area contributed by atoms with E-state index < -0.39 is 28.5 Å². The zero-order valence-corrected chi connectivity index (χ0v) is 14.8. The zero-order chi connectivity index (χ0) is 18.3. The van der Waals surface area contributed by atoms with Crippen LogP contribution in [-0.4, -0.2) is 28.8 Å². The molecule has 7 atom stereocenters. The molecule has 2 saturated heterocycles. The summed E-state index contributed by atoms with van der Waals surface area (Å²) in [5.74, 6) is -1.20. The Morgan fingerprint density at radius 1 is 1.23 bits per heavy atom. The third-order valence-electron chi connectivity index (χ3n) is 7.51. The van der Waals surface area contributed by atoms with Crippen LogP contribution in [0.25, 0.3) is 0 Å². The van der Waals surface area contributed by atoms with Gasteiger partial charge < -0.3 is 19.0 Å². The minimum atomic E-state index is -1.63. The fraction of sp³-hybridized carbons (Fsp3) is 0.600. The van der Waals surface area contributed by atoms with Gasteiger partial charge in [-0.25, -0.2) is 4.79 Å². The van der Waals surface area contributed by atoms with Gasteiger partial charge in [0.15, 0.2) is 5.60 Å². The average Bonchev–Trinajstić information content (AvgIpc) is 3.10. The Hall–Kier alpha value is -2.08. The van der Waals surface area contributed by atoms with Crippen LogP contribution in [0.3, 0.4) is 0 Å². The molecule has 26 heavy (non-hydrogen) atoms. The number of fused-ring (bicyclic) bond motifs is 2. The summed E-state index contributed by atoms with van der Waals surface area (Å²) < 4.78 is 16.4. The van der Waals surface area contributed by atoms with E-state index in [-0.39, 0.29) is 23.9 Å². The van der Waals surface area contributed by atoms with Crippen LogP contribution in [0.5, 0.6) is 0 Å². The molecule has 0 spiro atoms. The number of carbonyl (C=O) groups excluding carboxylic acids is 2. The Morgan fingerprint density at radius 2 is 2.04 bits per heavy atom. The van der Waals surface area contributed by atoms with E-state index in [9.17, 15) is 14.7 Å². The molecule has 138 valence electrons. The van der Waals surface area contributed by atoms with Gasteiger partial charge in [0, 0.05) is 16.9 Å². The number of carbonyl (C=O) groups is 2. The zero-order valence-electron chi connectivity index (χ0n) is 14.8. The predicted molar refractivity (Wildman–Crippen MR) is 88.6 cm³/mol. The van der Waals surface area contributed by atoms with Crippen molar-refractivity contribution in [3.05, 3.63) is 36.3 Å². The van der Waals surface area contributed by atoms with Crippen molar-refractivity contribution in [2.75, 3.05) is 0 Å². The topological polar surface area (TPSA) is 86.0 Å². The van der Waals surface area contributed by atoms with Gasteiger partial charge in [0.2, 0.25) is 0 Å². The quantitative estimate of drug-likeness (QED) is 0.613. The van der Waals surface area contributed by atoms with Crippen LogP contribution < -0.4 is 0 Å². The van der Waals surface area contributed by atoms with Crippen LogP contribution >= 0.6 is 0 Å². The lowest BCUT2D eigenvalue weighted by molar-refractivity contribution is -0.259. The van der Waals surface area contributed by atoms with Gasteiger partial charge in [-0.1, -0.05) is 13.8 Å². The van der Waals surface area contributed by atoms with Crippen molar-refractivity contribution in [2.24, 2.45) is 22.7 Å². The summed E-state index contributed by atoms with van der Waals surface area (Å²) in [4.78, 5) is 25.2. The molecular formula is C20H22O6. The first-order valence-corrected chi connectivity index (χ1v) is 9.15. The molecule has 0 amide bonds. The summed E-state index contributed by atoms with van der Waals surface area (Å²) in [5, 5.41) is 11.2. The van der Waals surface area contributed by atoms with Crippen molar-refractivity contribution in [3.8, 4) is 0 Å². The van der Waals surface area contributed by atoms with Crippen molar-refractivity contribution < 1.29 is 28.6 Å². The molecule has 0 unspecified atom stereocenters. The van der Waals surface area contributed by atoms with Gasteiger partial charge in [0.1, 0.15) is 12.2 Å². The Kier molecular flexibility index (Phi) is 2.97. The first-order valence-electron chi connectivity index (χ1n) is 9.15. The molecule has 6 nitrogen and oxygen atoms in total. The summed E-state index contributed by atoms with van der Waals surface area (Å²) in [5.41, 5.74) is -1.91. The standard InChI is InChI=1S/C20H22O6/c1-18-9-14(11-5-8-24-10-11)25-16(21)12(18)3-6-19(2)15(18)13-4-7-20(19,23)17(22)26-13/h4-5,7-8,10,12-15,23H,3,6,9H2,1-2H3/t12-,13-,14-,15-,18+,19+,20+/m1/s1. The number of cyclic esters (lactones) is 1.